The van der Waals surface area contributed by atoms with Gasteiger partial charge in [-0.1, -0.05) is 74.2 Å². The van der Waals surface area contributed by atoms with Gasteiger partial charge in [0.2, 0.25) is 5.13 Å². The van der Waals surface area contributed by atoms with Crippen molar-refractivity contribution in [2.45, 2.75) is 50.3 Å². The molecule has 4 rings (SSSR count). The topological polar surface area (TPSA) is 95.9 Å². The third-order valence-corrected chi connectivity index (χ3v) is 7.78. The van der Waals surface area contributed by atoms with Crippen LogP contribution in [0.15, 0.2) is 57.3 Å². The quantitative estimate of drug-likeness (QED) is 0.640. The molecule has 0 fully saturated rings. The lowest BCUT2D eigenvalue weighted by atomic mass is 9.69. The monoisotopic (exact) mass is 451 g/mol. The average Bonchev–Trinajstić information content (AvgIpc) is 3.19. The average molecular weight is 452 g/mol. The van der Waals surface area contributed by atoms with Gasteiger partial charge in [0, 0.05) is 23.4 Å². The maximum absolute atomic E-state index is 13.4. The van der Waals surface area contributed by atoms with Gasteiger partial charge in [0.15, 0.2) is 10.1 Å². The molecule has 0 bridgehead atoms. The number of rotatable bonds is 5. The fourth-order valence-electron chi connectivity index (χ4n) is 4.25. The number of anilines is 1. The van der Waals surface area contributed by atoms with Crippen molar-refractivity contribution in [3.05, 3.63) is 58.6 Å². The van der Waals surface area contributed by atoms with E-state index >= 15 is 0 Å². The molecule has 2 aliphatic rings. The van der Waals surface area contributed by atoms with Crippen LogP contribution >= 0.6 is 23.1 Å². The molecule has 2 heterocycles. The van der Waals surface area contributed by atoms with Crippen LogP contribution in [-0.4, -0.2) is 21.7 Å². The summed E-state index contributed by atoms with van der Waals surface area (Å²) in [6.45, 7) is 6.30. The number of ketones is 1. The van der Waals surface area contributed by atoms with Crippen LogP contribution in [-0.2, 0) is 4.79 Å². The highest BCUT2D eigenvalue weighted by atomic mass is 32.2. The maximum Gasteiger partial charge on any atom is 0.219 e. The molecule has 0 saturated carbocycles. The van der Waals surface area contributed by atoms with Crippen molar-refractivity contribution in [2.24, 2.45) is 11.1 Å². The number of nitrogens with two attached hydrogens (primary N) is 1. The summed E-state index contributed by atoms with van der Waals surface area (Å²) >= 11 is 3.10. The Hall–Kier alpha value is -2.63. The zero-order valence-electron chi connectivity index (χ0n) is 17.9. The van der Waals surface area contributed by atoms with Gasteiger partial charge in [0.05, 0.1) is 17.6 Å². The number of Topliss-reactive ketones (excluding diaryl/α,β-unsaturated/α-hetero) is 1. The van der Waals surface area contributed by atoms with Gasteiger partial charge in [-0.05, 0) is 23.8 Å². The second-order valence-electron chi connectivity index (χ2n) is 8.59. The van der Waals surface area contributed by atoms with Gasteiger partial charge in [-0.15, -0.1) is 10.2 Å². The third-order valence-electron chi connectivity index (χ3n) is 5.53. The van der Waals surface area contributed by atoms with E-state index in [4.69, 9.17) is 5.73 Å². The molecule has 0 spiro atoms. The molecule has 160 valence electrons. The molecule has 2 aromatic rings. The molecule has 8 heteroatoms. The molecule has 1 unspecified atom stereocenters. The summed E-state index contributed by atoms with van der Waals surface area (Å²) < 4.78 is 0.858. The summed E-state index contributed by atoms with van der Waals surface area (Å²) in [6.07, 6.45) is 2.16. The summed E-state index contributed by atoms with van der Waals surface area (Å²) in [7, 11) is 0. The van der Waals surface area contributed by atoms with Crippen molar-refractivity contribution in [3.63, 3.8) is 0 Å². The van der Waals surface area contributed by atoms with Crippen LogP contribution in [0.4, 0.5) is 5.13 Å². The molecule has 6 nitrogen and oxygen atoms in total. The molecule has 0 radical (unpaired) electrons. The predicted octanol–water partition coefficient (Wildman–Crippen LogP) is 4.98. The standard InChI is InChI=1S/C23H25N5OS2/c1-4-10-30-22-27-26-21(31-22)28-16-11-23(2,3)12-17(29)19(16)18(15(13-24)20(28)25)14-8-6-5-7-9-14/h5-9,18H,4,10-12,25H2,1-3H3. The number of carbonyl (C=O) groups is 1. The van der Waals surface area contributed by atoms with E-state index in [9.17, 15) is 10.1 Å². The van der Waals surface area contributed by atoms with Crippen LogP contribution < -0.4 is 10.6 Å². The Labute approximate surface area is 190 Å². The van der Waals surface area contributed by atoms with E-state index in [2.05, 4.69) is 37.0 Å². The first-order chi connectivity index (χ1) is 14.9. The number of hydrogen-bond acceptors (Lipinski definition) is 8. The number of hydrogen-bond donors (Lipinski definition) is 1. The lowest BCUT2D eigenvalue weighted by Crippen LogP contribution is -2.42. The van der Waals surface area contributed by atoms with Gasteiger partial charge in [-0.2, -0.15) is 5.26 Å². The minimum atomic E-state index is -0.456. The number of carbonyl (C=O) groups excluding carboxylic acids is 1. The SMILES string of the molecule is CCCSc1nnc(N2C(N)=C(C#N)C(c3ccccc3)C3=C2CC(C)(C)CC3=O)s1. The van der Waals surface area contributed by atoms with Crippen molar-refractivity contribution in [1.29, 1.82) is 5.26 Å². The highest BCUT2D eigenvalue weighted by Crippen LogP contribution is 2.50. The molecule has 31 heavy (non-hydrogen) atoms. The Kier molecular flexibility index (Phi) is 5.91. The van der Waals surface area contributed by atoms with Crippen molar-refractivity contribution >= 4 is 34.0 Å². The number of thioether (sulfide) groups is 1. The first-order valence-electron chi connectivity index (χ1n) is 10.3. The van der Waals surface area contributed by atoms with Gasteiger partial charge < -0.3 is 5.73 Å². The smallest absolute Gasteiger partial charge is 0.219 e. The van der Waals surface area contributed by atoms with Crippen molar-refractivity contribution in [1.82, 2.24) is 10.2 Å². The Morgan fingerprint density at radius 2 is 2.03 bits per heavy atom. The molecule has 2 N–H and O–H groups in total. The molecule has 1 aliphatic carbocycles. The number of benzene rings is 1. The number of allylic oxidation sites excluding steroid dienone is 3. The first-order valence-corrected chi connectivity index (χ1v) is 12.1. The number of nitriles is 1. The van der Waals surface area contributed by atoms with E-state index in [0.717, 1.165) is 27.8 Å². The normalized spacial score (nSPS) is 20.6. The van der Waals surface area contributed by atoms with Gasteiger partial charge in [0.25, 0.3) is 0 Å². The van der Waals surface area contributed by atoms with Crippen LogP contribution in [0.5, 0.6) is 0 Å². The molecule has 1 aromatic heterocycles. The summed E-state index contributed by atoms with van der Waals surface area (Å²) in [5, 5.41) is 19.4. The second kappa shape index (κ2) is 8.48. The zero-order chi connectivity index (χ0) is 22.2. The Balaban J connectivity index is 1.90. The van der Waals surface area contributed by atoms with Crippen molar-refractivity contribution in [2.75, 3.05) is 10.7 Å². The van der Waals surface area contributed by atoms with E-state index in [1.165, 1.54) is 11.3 Å². The van der Waals surface area contributed by atoms with Crippen LogP contribution in [0.3, 0.4) is 0 Å². The van der Waals surface area contributed by atoms with E-state index in [-0.39, 0.29) is 11.2 Å². The summed E-state index contributed by atoms with van der Waals surface area (Å²) in [4.78, 5) is 15.2. The molecule has 1 aliphatic heterocycles. The summed E-state index contributed by atoms with van der Waals surface area (Å²) in [6, 6.07) is 12.0. The highest BCUT2D eigenvalue weighted by Gasteiger charge is 2.45. The summed E-state index contributed by atoms with van der Waals surface area (Å²) in [5.41, 5.74) is 9.20. The Morgan fingerprint density at radius 1 is 1.29 bits per heavy atom. The van der Waals surface area contributed by atoms with E-state index in [1.807, 2.05) is 30.3 Å². The van der Waals surface area contributed by atoms with Crippen molar-refractivity contribution < 1.29 is 4.79 Å². The molecule has 0 amide bonds. The minimum absolute atomic E-state index is 0.0652. The Bertz CT molecular complexity index is 1110. The first kappa shape index (κ1) is 21.6. The van der Waals surface area contributed by atoms with Gasteiger partial charge >= 0.3 is 0 Å². The molecule has 1 atom stereocenters. The third kappa shape index (κ3) is 4.00. The van der Waals surface area contributed by atoms with Crippen LogP contribution in [0, 0.1) is 16.7 Å². The fourth-order valence-corrected chi connectivity index (χ4v) is 6.05. The van der Waals surface area contributed by atoms with E-state index in [1.54, 1.807) is 16.7 Å². The largest absolute Gasteiger partial charge is 0.384 e. The van der Waals surface area contributed by atoms with Crippen LogP contribution in [0.2, 0.25) is 0 Å². The fraction of sp³-hybridized carbons (Fsp3) is 0.391. The van der Waals surface area contributed by atoms with Gasteiger partial charge in [0.1, 0.15) is 5.82 Å². The summed E-state index contributed by atoms with van der Waals surface area (Å²) in [5.74, 6) is 0.904. The molecule has 0 saturated heterocycles. The Morgan fingerprint density at radius 3 is 2.71 bits per heavy atom. The second-order valence-corrected chi connectivity index (χ2v) is 10.9. The van der Waals surface area contributed by atoms with E-state index < -0.39 is 5.92 Å². The van der Waals surface area contributed by atoms with Crippen LogP contribution in [0.1, 0.15) is 51.5 Å². The number of aromatic nitrogens is 2. The minimum Gasteiger partial charge on any atom is -0.384 e. The number of nitrogens with zero attached hydrogens (tertiary/aromatic N) is 4. The van der Waals surface area contributed by atoms with Gasteiger partial charge in [-0.3, -0.25) is 9.69 Å². The predicted molar refractivity (Wildman–Crippen MR) is 124 cm³/mol. The highest BCUT2D eigenvalue weighted by molar-refractivity contribution is 8.01. The maximum atomic E-state index is 13.4. The van der Waals surface area contributed by atoms with E-state index in [0.29, 0.717) is 34.9 Å². The van der Waals surface area contributed by atoms with Crippen LogP contribution in [0.25, 0.3) is 0 Å². The zero-order valence-corrected chi connectivity index (χ0v) is 19.5. The molecular formula is C23H25N5OS2. The van der Waals surface area contributed by atoms with Gasteiger partial charge in [-0.25, -0.2) is 0 Å². The lowest BCUT2D eigenvalue weighted by molar-refractivity contribution is -0.118. The van der Waals surface area contributed by atoms with Crippen molar-refractivity contribution in [3.8, 4) is 6.07 Å². The lowest BCUT2D eigenvalue weighted by Gasteiger charge is -2.42. The molecular weight excluding hydrogens is 426 g/mol. The molecule has 1 aromatic carbocycles.